The summed E-state index contributed by atoms with van der Waals surface area (Å²) in [5.74, 6) is -0.498. The molecule has 6 heteroatoms. The van der Waals surface area contributed by atoms with Gasteiger partial charge in [0.15, 0.2) is 0 Å². The summed E-state index contributed by atoms with van der Waals surface area (Å²) in [7, 11) is -3.81. The number of aryl methyl sites for hydroxylation is 2. The van der Waals surface area contributed by atoms with Crippen molar-refractivity contribution < 1.29 is 13.2 Å². The highest BCUT2D eigenvalue weighted by molar-refractivity contribution is 7.90. The van der Waals surface area contributed by atoms with Gasteiger partial charge in [0, 0.05) is 11.4 Å². The zero-order valence-corrected chi connectivity index (χ0v) is 14.3. The third kappa shape index (κ3) is 5.08. The maximum absolute atomic E-state index is 12.2. The monoisotopic (exact) mass is 351 g/mol. The Bertz CT molecular complexity index is 786. The molecule has 0 fully saturated rings. The Hall–Kier alpha value is -1.85. The molecule has 0 unspecified atom stereocenters. The lowest BCUT2D eigenvalue weighted by atomic mass is 10.1. The zero-order chi connectivity index (χ0) is 16.9. The molecule has 0 spiro atoms. The molecule has 2 aromatic rings. The molecule has 2 rings (SSSR count). The number of halogens is 1. The Kier molecular flexibility index (Phi) is 5.80. The number of sulfonamides is 1. The normalized spacial score (nSPS) is 11.2. The maximum atomic E-state index is 12.2. The molecular formula is C17H18ClNO3S. The summed E-state index contributed by atoms with van der Waals surface area (Å²) >= 11 is 5.81. The third-order valence-electron chi connectivity index (χ3n) is 3.41. The van der Waals surface area contributed by atoms with Crippen LogP contribution < -0.4 is 4.72 Å². The molecule has 0 heterocycles. The van der Waals surface area contributed by atoms with Gasteiger partial charge < -0.3 is 0 Å². The largest absolute Gasteiger partial charge is 0.274 e. The summed E-state index contributed by atoms with van der Waals surface area (Å²) < 4.78 is 26.5. The molecule has 4 nitrogen and oxygen atoms in total. The number of carbonyl (C=O) groups is 1. The molecule has 0 aromatic heterocycles. The Labute approximate surface area is 141 Å². The van der Waals surface area contributed by atoms with E-state index in [9.17, 15) is 13.2 Å². The van der Waals surface area contributed by atoms with Crippen LogP contribution in [-0.4, -0.2) is 14.3 Å². The van der Waals surface area contributed by atoms with Crippen LogP contribution in [0.5, 0.6) is 0 Å². The van der Waals surface area contributed by atoms with Crippen molar-refractivity contribution in [1.82, 2.24) is 4.72 Å². The van der Waals surface area contributed by atoms with Crippen LogP contribution in [0.3, 0.4) is 0 Å². The van der Waals surface area contributed by atoms with Gasteiger partial charge in [-0.2, -0.15) is 0 Å². The molecule has 0 saturated carbocycles. The Morgan fingerprint density at radius 1 is 1.09 bits per heavy atom. The van der Waals surface area contributed by atoms with Crippen LogP contribution in [0.2, 0.25) is 5.02 Å². The molecule has 1 amide bonds. The van der Waals surface area contributed by atoms with Crippen LogP contribution in [0.1, 0.15) is 24.0 Å². The number of hydrogen-bond donors (Lipinski definition) is 1. The lowest BCUT2D eigenvalue weighted by molar-refractivity contribution is -0.119. The van der Waals surface area contributed by atoms with Crippen molar-refractivity contribution in [2.75, 3.05) is 0 Å². The fourth-order valence-corrected chi connectivity index (χ4v) is 3.61. The van der Waals surface area contributed by atoms with Crippen LogP contribution in [0.25, 0.3) is 0 Å². The molecule has 0 radical (unpaired) electrons. The van der Waals surface area contributed by atoms with Gasteiger partial charge in [-0.25, -0.2) is 13.1 Å². The van der Waals surface area contributed by atoms with Gasteiger partial charge in [0.2, 0.25) is 5.91 Å². The number of hydrogen-bond acceptors (Lipinski definition) is 3. The highest BCUT2D eigenvalue weighted by Gasteiger charge is 2.18. The van der Waals surface area contributed by atoms with Crippen LogP contribution in [-0.2, 0) is 21.2 Å². The van der Waals surface area contributed by atoms with E-state index in [-0.39, 0.29) is 11.3 Å². The van der Waals surface area contributed by atoms with E-state index in [0.717, 1.165) is 5.56 Å². The van der Waals surface area contributed by atoms with Crippen molar-refractivity contribution in [2.24, 2.45) is 0 Å². The standard InChI is InChI=1S/C17H18ClNO3S/c1-13-5-2-3-7-16(13)23(21,22)19-17(20)8-4-6-14-9-11-15(18)12-10-14/h2-3,5,7,9-12H,4,6,8H2,1H3,(H,19,20). The fraction of sp³-hybridized carbons (Fsp3) is 0.235. The molecule has 0 saturated heterocycles. The second-order valence-electron chi connectivity index (χ2n) is 5.27. The Morgan fingerprint density at radius 2 is 1.74 bits per heavy atom. The van der Waals surface area contributed by atoms with E-state index in [0.29, 0.717) is 23.4 Å². The minimum absolute atomic E-state index is 0.131. The van der Waals surface area contributed by atoms with Gasteiger partial charge in [0.05, 0.1) is 4.90 Å². The molecule has 0 bridgehead atoms. The number of benzene rings is 2. The number of carbonyl (C=O) groups excluding carboxylic acids is 1. The van der Waals surface area contributed by atoms with Crippen LogP contribution in [0.15, 0.2) is 53.4 Å². The molecule has 23 heavy (non-hydrogen) atoms. The van der Waals surface area contributed by atoms with Crippen molar-refractivity contribution in [3.8, 4) is 0 Å². The second-order valence-corrected chi connectivity index (χ2v) is 7.36. The minimum atomic E-state index is -3.81. The van der Waals surface area contributed by atoms with Gasteiger partial charge in [-0.15, -0.1) is 0 Å². The molecule has 1 N–H and O–H groups in total. The van der Waals surface area contributed by atoms with Crippen molar-refractivity contribution >= 4 is 27.5 Å². The van der Waals surface area contributed by atoms with E-state index in [1.165, 1.54) is 6.07 Å². The number of nitrogens with one attached hydrogen (secondary N) is 1. The summed E-state index contributed by atoms with van der Waals surface area (Å²) in [5, 5.41) is 0.663. The highest BCUT2D eigenvalue weighted by Crippen LogP contribution is 2.15. The lowest BCUT2D eigenvalue weighted by Crippen LogP contribution is -2.30. The predicted octanol–water partition coefficient (Wildman–Crippen LogP) is 3.48. The first-order valence-corrected chi connectivity index (χ1v) is 9.10. The van der Waals surface area contributed by atoms with Crippen LogP contribution in [0.4, 0.5) is 0 Å². The minimum Gasteiger partial charge on any atom is -0.274 e. The Balaban J connectivity index is 1.89. The van der Waals surface area contributed by atoms with E-state index in [2.05, 4.69) is 4.72 Å². The second kappa shape index (κ2) is 7.62. The van der Waals surface area contributed by atoms with Gasteiger partial charge in [0.1, 0.15) is 0 Å². The molecule has 0 atom stereocenters. The van der Waals surface area contributed by atoms with Crippen molar-refractivity contribution in [3.05, 3.63) is 64.7 Å². The van der Waals surface area contributed by atoms with Gasteiger partial charge in [0.25, 0.3) is 10.0 Å². The van der Waals surface area contributed by atoms with Crippen LogP contribution >= 0.6 is 11.6 Å². The van der Waals surface area contributed by atoms with Gasteiger partial charge in [-0.1, -0.05) is 41.9 Å². The van der Waals surface area contributed by atoms with Gasteiger partial charge >= 0.3 is 0 Å². The molecule has 122 valence electrons. The first-order valence-electron chi connectivity index (χ1n) is 7.24. The molecule has 0 aliphatic heterocycles. The maximum Gasteiger partial charge on any atom is 0.264 e. The first-order chi connectivity index (χ1) is 10.9. The summed E-state index contributed by atoms with van der Waals surface area (Å²) in [6.07, 6.45) is 1.40. The fourth-order valence-electron chi connectivity index (χ4n) is 2.22. The summed E-state index contributed by atoms with van der Waals surface area (Å²) in [4.78, 5) is 12.0. The van der Waals surface area contributed by atoms with E-state index in [1.54, 1.807) is 37.3 Å². The predicted molar refractivity (Wildman–Crippen MR) is 90.9 cm³/mol. The topological polar surface area (TPSA) is 63.2 Å². The summed E-state index contributed by atoms with van der Waals surface area (Å²) in [5.41, 5.74) is 1.66. The van der Waals surface area contributed by atoms with Crippen molar-refractivity contribution in [2.45, 2.75) is 31.1 Å². The lowest BCUT2D eigenvalue weighted by Gasteiger charge is -2.09. The molecule has 0 aliphatic rings. The molecule has 0 aliphatic carbocycles. The number of amides is 1. The average Bonchev–Trinajstić information content (AvgIpc) is 2.49. The zero-order valence-electron chi connectivity index (χ0n) is 12.8. The highest BCUT2D eigenvalue weighted by atomic mass is 35.5. The summed E-state index contributed by atoms with van der Waals surface area (Å²) in [6.45, 7) is 1.69. The van der Waals surface area contributed by atoms with Crippen LogP contribution in [0, 0.1) is 6.92 Å². The van der Waals surface area contributed by atoms with Crippen molar-refractivity contribution in [1.29, 1.82) is 0 Å². The quantitative estimate of drug-likeness (QED) is 0.866. The van der Waals surface area contributed by atoms with E-state index in [1.807, 2.05) is 12.1 Å². The van der Waals surface area contributed by atoms with Gasteiger partial charge in [-0.3, -0.25) is 4.79 Å². The molecule has 2 aromatic carbocycles. The average molecular weight is 352 g/mol. The van der Waals surface area contributed by atoms with E-state index < -0.39 is 15.9 Å². The molecular weight excluding hydrogens is 334 g/mol. The Morgan fingerprint density at radius 3 is 2.39 bits per heavy atom. The van der Waals surface area contributed by atoms with Crippen molar-refractivity contribution in [3.63, 3.8) is 0 Å². The number of rotatable bonds is 6. The van der Waals surface area contributed by atoms with E-state index >= 15 is 0 Å². The SMILES string of the molecule is Cc1ccccc1S(=O)(=O)NC(=O)CCCc1ccc(Cl)cc1. The van der Waals surface area contributed by atoms with E-state index in [4.69, 9.17) is 11.6 Å². The smallest absolute Gasteiger partial charge is 0.264 e. The third-order valence-corrected chi connectivity index (χ3v) is 5.20. The summed E-state index contributed by atoms with van der Waals surface area (Å²) in [6, 6.07) is 13.9. The van der Waals surface area contributed by atoms with Gasteiger partial charge in [-0.05, 0) is 49.1 Å². The first kappa shape index (κ1) is 17.5.